The smallest absolute Gasteiger partial charge is 0.243 e. The van der Waals surface area contributed by atoms with Crippen LogP contribution in [0.3, 0.4) is 0 Å². The number of benzene rings is 2. The standard InChI is InChI=1S/C24H25F2N3O3/c25-18-6-7-22(20(26)16-18)32-19-10-13-28(14-11-19)23(30)8-9-24(31)29-15-12-21(27-29)17-4-2-1-3-5-17/h1-7,16,19H,8-15H2. The van der Waals surface area contributed by atoms with Crippen molar-refractivity contribution >= 4 is 17.5 Å². The van der Waals surface area contributed by atoms with Gasteiger partial charge in [0.05, 0.1) is 12.3 Å². The van der Waals surface area contributed by atoms with Gasteiger partial charge in [0.25, 0.3) is 0 Å². The van der Waals surface area contributed by atoms with Gasteiger partial charge >= 0.3 is 0 Å². The molecule has 0 spiro atoms. The maximum Gasteiger partial charge on any atom is 0.243 e. The highest BCUT2D eigenvalue weighted by atomic mass is 19.1. The van der Waals surface area contributed by atoms with Crippen LogP contribution in [0.15, 0.2) is 53.6 Å². The summed E-state index contributed by atoms with van der Waals surface area (Å²) in [7, 11) is 0. The summed E-state index contributed by atoms with van der Waals surface area (Å²) in [5.41, 5.74) is 1.88. The molecule has 0 aliphatic carbocycles. The van der Waals surface area contributed by atoms with E-state index >= 15 is 0 Å². The fourth-order valence-corrected chi connectivity index (χ4v) is 3.95. The highest BCUT2D eigenvalue weighted by molar-refractivity contribution is 6.02. The lowest BCUT2D eigenvalue weighted by atomic mass is 10.1. The Morgan fingerprint density at radius 3 is 2.41 bits per heavy atom. The van der Waals surface area contributed by atoms with Gasteiger partial charge in [-0.2, -0.15) is 5.10 Å². The van der Waals surface area contributed by atoms with Crippen LogP contribution in [0.1, 0.15) is 37.7 Å². The van der Waals surface area contributed by atoms with Crippen LogP contribution < -0.4 is 4.74 Å². The Morgan fingerprint density at radius 2 is 1.69 bits per heavy atom. The van der Waals surface area contributed by atoms with E-state index in [9.17, 15) is 18.4 Å². The van der Waals surface area contributed by atoms with Crippen LogP contribution in [0.2, 0.25) is 0 Å². The third-order valence-corrected chi connectivity index (χ3v) is 5.73. The van der Waals surface area contributed by atoms with Gasteiger partial charge in [0, 0.05) is 51.3 Å². The molecule has 0 unspecified atom stereocenters. The number of amides is 2. The van der Waals surface area contributed by atoms with Crippen LogP contribution in [0.25, 0.3) is 0 Å². The third-order valence-electron chi connectivity index (χ3n) is 5.73. The number of hydrogen-bond donors (Lipinski definition) is 0. The number of piperidine rings is 1. The Kier molecular flexibility index (Phi) is 6.78. The molecule has 2 heterocycles. The Balaban J connectivity index is 1.21. The number of hydrogen-bond acceptors (Lipinski definition) is 4. The normalized spacial score (nSPS) is 16.8. The molecule has 2 aromatic rings. The zero-order valence-corrected chi connectivity index (χ0v) is 17.7. The largest absolute Gasteiger partial charge is 0.487 e. The predicted molar refractivity (Wildman–Crippen MR) is 115 cm³/mol. The van der Waals surface area contributed by atoms with Crippen molar-refractivity contribution < 1.29 is 23.1 Å². The van der Waals surface area contributed by atoms with E-state index in [1.165, 1.54) is 11.1 Å². The van der Waals surface area contributed by atoms with E-state index in [0.717, 1.165) is 23.4 Å². The average Bonchev–Trinajstić information content (AvgIpc) is 3.31. The summed E-state index contributed by atoms with van der Waals surface area (Å²) in [4.78, 5) is 26.7. The Morgan fingerprint density at radius 1 is 0.969 bits per heavy atom. The highest BCUT2D eigenvalue weighted by Crippen LogP contribution is 2.23. The number of ether oxygens (including phenoxy) is 1. The van der Waals surface area contributed by atoms with Gasteiger partial charge in [-0.25, -0.2) is 13.8 Å². The van der Waals surface area contributed by atoms with E-state index in [1.54, 1.807) is 4.90 Å². The zero-order chi connectivity index (χ0) is 22.5. The third kappa shape index (κ3) is 5.30. The number of nitrogens with zero attached hydrogens (tertiary/aromatic N) is 3. The molecule has 6 nitrogen and oxygen atoms in total. The fourth-order valence-electron chi connectivity index (χ4n) is 3.95. The molecule has 2 aliphatic heterocycles. The predicted octanol–water partition coefficient (Wildman–Crippen LogP) is 3.75. The Bertz CT molecular complexity index is 1000. The molecule has 168 valence electrons. The molecule has 0 aromatic heterocycles. The fraction of sp³-hybridized carbons (Fsp3) is 0.375. The van der Waals surface area contributed by atoms with Crippen LogP contribution in [0, 0.1) is 11.6 Å². The Hall–Kier alpha value is -3.29. The van der Waals surface area contributed by atoms with Gasteiger partial charge in [-0.3, -0.25) is 9.59 Å². The van der Waals surface area contributed by atoms with Crippen molar-refractivity contribution in [2.24, 2.45) is 5.10 Å². The summed E-state index contributed by atoms with van der Waals surface area (Å²) in [6, 6.07) is 13.0. The Labute approximate surface area is 185 Å². The second-order valence-corrected chi connectivity index (χ2v) is 7.95. The monoisotopic (exact) mass is 441 g/mol. The summed E-state index contributed by atoms with van der Waals surface area (Å²) in [5.74, 6) is -1.61. The van der Waals surface area contributed by atoms with Gasteiger partial charge in [-0.1, -0.05) is 30.3 Å². The van der Waals surface area contributed by atoms with Gasteiger partial charge in [-0.05, 0) is 17.7 Å². The number of carbonyl (C=O) groups excluding carboxylic acids is 2. The minimum Gasteiger partial charge on any atom is -0.487 e. The molecule has 2 amide bonds. The van der Waals surface area contributed by atoms with Crippen molar-refractivity contribution in [3.63, 3.8) is 0 Å². The van der Waals surface area contributed by atoms with Crippen LogP contribution in [-0.4, -0.2) is 53.2 Å². The van der Waals surface area contributed by atoms with E-state index in [4.69, 9.17) is 4.74 Å². The molecule has 32 heavy (non-hydrogen) atoms. The van der Waals surface area contributed by atoms with Gasteiger partial charge in [0.2, 0.25) is 11.8 Å². The number of carbonyl (C=O) groups is 2. The van der Waals surface area contributed by atoms with Crippen molar-refractivity contribution in [3.05, 3.63) is 65.7 Å². The number of hydrazone groups is 1. The van der Waals surface area contributed by atoms with E-state index in [-0.39, 0.29) is 36.5 Å². The van der Waals surface area contributed by atoms with Crippen LogP contribution in [-0.2, 0) is 9.59 Å². The molecule has 2 aromatic carbocycles. The topological polar surface area (TPSA) is 62.2 Å². The molecular weight excluding hydrogens is 416 g/mol. The first-order chi connectivity index (χ1) is 15.5. The van der Waals surface area contributed by atoms with Crippen LogP contribution in [0.5, 0.6) is 5.75 Å². The van der Waals surface area contributed by atoms with E-state index in [2.05, 4.69) is 5.10 Å². The molecule has 8 heteroatoms. The van der Waals surface area contributed by atoms with Gasteiger partial charge in [0.1, 0.15) is 11.9 Å². The maximum atomic E-state index is 13.8. The maximum absolute atomic E-state index is 13.8. The summed E-state index contributed by atoms with van der Waals surface area (Å²) in [6.07, 6.45) is 1.80. The lowest BCUT2D eigenvalue weighted by Crippen LogP contribution is -2.42. The molecule has 1 fully saturated rings. The minimum atomic E-state index is -0.734. The van der Waals surface area contributed by atoms with Gasteiger partial charge in [-0.15, -0.1) is 0 Å². The second-order valence-electron chi connectivity index (χ2n) is 7.95. The number of halogens is 2. The minimum absolute atomic E-state index is 0.0165. The van der Waals surface area contributed by atoms with Crippen LogP contribution in [0.4, 0.5) is 8.78 Å². The lowest BCUT2D eigenvalue weighted by Gasteiger charge is -2.32. The first-order valence-electron chi connectivity index (χ1n) is 10.8. The molecule has 0 saturated carbocycles. The summed E-state index contributed by atoms with van der Waals surface area (Å²) in [6.45, 7) is 1.47. The molecule has 0 bridgehead atoms. The molecule has 1 saturated heterocycles. The summed E-state index contributed by atoms with van der Waals surface area (Å²) >= 11 is 0. The number of rotatable bonds is 6. The second kappa shape index (κ2) is 9.89. The summed E-state index contributed by atoms with van der Waals surface area (Å²) in [5, 5.41) is 5.87. The molecule has 0 radical (unpaired) electrons. The quantitative estimate of drug-likeness (QED) is 0.686. The molecule has 4 rings (SSSR count). The first-order valence-corrected chi connectivity index (χ1v) is 10.8. The SMILES string of the molecule is O=C(CCC(=O)N1CCC(c2ccccc2)=N1)N1CCC(Oc2ccc(F)cc2F)CC1. The van der Waals surface area contributed by atoms with Crippen molar-refractivity contribution in [1.29, 1.82) is 0 Å². The van der Waals surface area contributed by atoms with E-state index in [0.29, 0.717) is 38.9 Å². The average molecular weight is 441 g/mol. The van der Waals surface area contributed by atoms with Crippen molar-refractivity contribution in [2.45, 2.75) is 38.2 Å². The lowest BCUT2D eigenvalue weighted by molar-refractivity contribution is -0.137. The molecular formula is C24H25F2N3O3. The van der Waals surface area contributed by atoms with Gasteiger partial charge in [0.15, 0.2) is 11.6 Å². The zero-order valence-electron chi connectivity index (χ0n) is 17.7. The highest BCUT2D eigenvalue weighted by Gasteiger charge is 2.26. The van der Waals surface area contributed by atoms with E-state index < -0.39 is 11.6 Å². The summed E-state index contributed by atoms with van der Waals surface area (Å²) < 4.78 is 32.4. The van der Waals surface area contributed by atoms with Gasteiger partial charge < -0.3 is 9.64 Å². The molecule has 2 aliphatic rings. The van der Waals surface area contributed by atoms with Crippen LogP contribution >= 0.6 is 0 Å². The molecule has 0 atom stereocenters. The number of likely N-dealkylation sites (tertiary alicyclic amines) is 1. The van der Waals surface area contributed by atoms with Crippen molar-refractivity contribution in [1.82, 2.24) is 9.91 Å². The van der Waals surface area contributed by atoms with Crippen molar-refractivity contribution in [2.75, 3.05) is 19.6 Å². The van der Waals surface area contributed by atoms with E-state index in [1.807, 2.05) is 30.3 Å². The first kappa shape index (κ1) is 21.9. The molecule has 0 N–H and O–H groups in total. The van der Waals surface area contributed by atoms with Crippen molar-refractivity contribution in [3.8, 4) is 5.75 Å².